The molecule has 0 unspecified atom stereocenters. The molecular weight excluding hydrogens is 363 g/mol. The summed E-state index contributed by atoms with van der Waals surface area (Å²) < 4.78 is 5.07. The first kappa shape index (κ1) is 16.5. The molecule has 0 saturated carbocycles. The molecule has 0 radical (unpaired) electrons. The summed E-state index contributed by atoms with van der Waals surface area (Å²) in [5, 5.41) is 0.165. The molecule has 1 aliphatic heterocycles. The van der Waals surface area contributed by atoms with Crippen molar-refractivity contribution in [2.45, 2.75) is 19.3 Å². The molecule has 0 N–H and O–H groups in total. The SMILES string of the molecule is COCCCN1CCC(CN(C)C(=O)SI)CC1. The molecule has 1 aliphatic rings. The number of methoxy groups -OCH3 is 1. The number of hydrogen-bond donors (Lipinski definition) is 0. The predicted molar refractivity (Wildman–Crippen MR) is 85.3 cm³/mol. The maximum atomic E-state index is 11.5. The third-order valence-corrected chi connectivity index (χ3v) is 5.01. The number of carbonyl (C=O) groups is 1. The zero-order chi connectivity index (χ0) is 13.4. The molecule has 0 bridgehead atoms. The Morgan fingerprint density at radius 2 is 2.17 bits per heavy atom. The van der Waals surface area contributed by atoms with Gasteiger partial charge < -0.3 is 14.5 Å². The van der Waals surface area contributed by atoms with Crippen molar-refractivity contribution in [2.24, 2.45) is 5.92 Å². The Hall–Kier alpha value is 0.470. The van der Waals surface area contributed by atoms with Gasteiger partial charge in [0.25, 0.3) is 5.24 Å². The van der Waals surface area contributed by atoms with Crippen LogP contribution < -0.4 is 0 Å². The van der Waals surface area contributed by atoms with E-state index in [1.54, 1.807) is 7.11 Å². The number of rotatable bonds is 6. The van der Waals surface area contributed by atoms with E-state index < -0.39 is 0 Å². The quantitative estimate of drug-likeness (QED) is 0.519. The molecule has 0 aromatic rings. The van der Waals surface area contributed by atoms with Crippen LogP contribution in [0.5, 0.6) is 0 Å². The van der Waals surface area contributed by atoms with Crippen molar-refractivity contribution in [3.63, 3.8) is 0 Å². The average Bonchev–Trinajstić information content (AvgIpc) is 2.40. The molecule has 1 rings (SSSR count). The molecule has 1 fully saturated rings. The van der Waals surface area contributed by atoms with Gasteiger partial charge in [-0.3, -0.25) is 4.79 Å². The number of amides is 1. The Kier molecular flexibility index (Phi) is 8.62. The maximum absolute atomic E-state index is 11.5. The summed E-state index contributed by atoms with van der Waals surface area (Å²) in [5.74, 6) is 0.668. The Labute approximate surface area is 126 Å². The van der Waals surface area contributed by atoms with E-state index in [9.17, 15) is 4.79 Å². The Bertz CT molecular complexity index is 248. The Morgan fingerprint density at radius 1 is 1.50 bits per heavy atom. The largest absolute Gasteiger partial charge is 0.385 e. The van der Waals surface area contributed by atoms with E-state index in [4.69, 9.17) is 4.74 Å². The van der Waals surface area contributed by atoms with Crippen LogP contribution >= 0.6 is 30.1 Å². The lowest BCUT2D eigenvalue weighted by atomic mass is 9.96. The van der Waals surface area contributed by atoms with Crippen LogP contribution in [-0.4, -0.2) is 62.0 Å². The van der Waals surface area contributed by atoms with Crippen LogP contribution in [0.1, 0.15) is 19.3 Å². The zero-order valence-corrected chi connectivity index (χ0v) is 14.2. The summed E-state index contributed by atoms with van der Waals surface area (Å²) in [5.41, 5.74) is 0. The molecule has 0 atom stereocenters. The van der Waals surface area contributed by atoms with Crippen LogP contribution in [-0.2, 0) is 4.74 Å². The van der Waals surface area contributed by atoms with E-state index in [1.807, 2.05) is 11.9 Å². The molecule has 0 aliphatic carbocycles. The van der Waals surface area contributed by atoms with Crippen molar-refractivity contribution in [3.05, 3.63) is 0 Å². The van der Waals surface area contributed by atoms with Gasteiger partial charge in [0.15, 0.2) is 0 Å². The van der Waals surface area contributed by atoms with Crippen LogP contribution in [0.4, 0.5) is 4.79 Å². The number of ether oxygens (including phenoxy) is 1. The van der Waals surface area contributed by atoms with Gasteiger partial charge in [-0.2, -0.15) is 0 Å². The fourth-order valence-electron chi connectivity index (χ4n) is 2.35. The van der Waals surface area contributed by atoms with Crippen molar-refractivity contribution < 1.29 is 9.53 Å². The zero-order valence-electron chi connectivity index (χ0n) is 11.2. The molecule has 0 aromatic carbocycles. The molecule has 0 aromatic heterocycles. The van der Waals surface area contributed by atoms with E-state index in [2.05, 4.69) is 26.1 Å². The summed E-state index contributed by atoms with van der Waals surface area (Å²) in [7, 11) is 4.92. The lowest BCUT2D eigenvalue weighted by Crippen LogP contribution is -2.39. The number of piperidine rings is 1. The van der Waals surface area contributed by atoms with E-state index in [0.29, 0.717) is 5.92 Å². The first-order valence-corrected chi connectivity index (χ1v) is 9.78. The molecule has 6 heteroatoms. The van der Waals surface area contributed by atoms with Crippen molar-refractivity contribution >= 4 is 35.4 Å². The van der Waals surface area contributed by atoms with Crippen molar-refractivity contribution in [1.82, 2.24) is 9.80 Å². The van der Waals surface area contributed by atoms with Crippen LogP contribution in [0, 0.1) is 5.92 Å². The van der Waals surface area contributed by atoms with Gasteiger partial charge >= 0.3 is 0 Å². The molecule has 18 heavy (non-hydrogen) atoms. The average molecular weight is 386 g/mol. The summed E-state index contributed by atoms with van der Waals surface area (Å²) in [6, 6.07) is 0. The lowest BCUT2D eigenvalue weighted by Gasteiger charge is -2.33. The van der Waals surface area contributed by atoms with Crippen LogP contribution in [0.25, 0.3) is 0 Å². The highest BCUT2D eigenvalue weighted by molar-refractivity contribution is 14.2. The standard InChI is InChI=1S/C12H23IN2O2S/c1-14(12(16)18-13)10-11-4-7-15(8-5-11)6-3-9-17-2/h11H,3-10H2,1-2H3. The second-order valence-corrected chi connectivity index (χ2v) is 6.68. The molecular formula is C12H23IN2O2S. The third kappa shape index (κ3) is 6.08. The minimum atomic E-state index is 0.165. The van der Waals surface area contributed by atoms with Crippen LogP contribution in [0.3, 0.4) is 0 Å². The molecule has 0 spiro atoms. The van der Waals surface area contributed by atoms with Gasteiger partial charge in [-0.15, -0.1) is 0 Å². The molecule has 106 valence electrons. The summed E-state index contributed by atoms with van der Waals surface area (Å²) in [6.45, 7) is 5.21. The monoisotopic (exact) mass is 386 g/mol. The molecule has 1 amide bonds. The smallest absolute Gasteiger partial charge is 0.291 e. The Balaban J connectivity index is 2.17. The highest BCUT2D eigenvalue weighted by atomic mass is 127. The predicted octanol–water partition coefficient (Wildman–Crippen LogP) is 2.87. The fraction of sp³-hybridized carbons (Fsp3) is 0.917. The second-order valence-electron chi connectivity index (χ2n) is 4.85. The van der Waals surface area contributed by atoms with Gasteiger partial charge in [-0.1, -0.05) is 0 Å². The molecule has 1 heterocycles. The van der Waals surface area contributed by atoms with Gasteiger partial charge in [-0.25, -0.2) is 0 Å². The van der Waals surface area contributed by atoms with Crippen molar-refractivity contribution in [2.75, 3.05) is 46.9 Å². The van der Waals surface area contributed by atoms with Crippen LogP contribution in [0.15, 0.2) is 0 Å². The number of carbonyl (C=O) groups excluding carboxylic acids is 1. The van der Waals surface area contributed by atoms with Crippen molar-refractivity contribution in [3.8, 4) is 0 Å². The van der Waals surface area contributed by atoms with Gasteiger partial charge in [0.2, 0.25) is 0 Å². The highest BCUT2D eigenvalue weighted by Gasteiger charge is 2.21. The first-order valence-electron chi connectivity index (χ1n) is 6.42. The minimum absolute atomic E-state index is 0.165. The second kappa shape index (κ2) is 9.39. The topological polar surface area (TPSA) is 32.8 Å². The summed E-state index contributed by atoms with van der Waals surface area (Å²) >= 11 is 2.05. The van der Waals surface area contributed by atoms with Gasteiger partial charge in [0, 0.05) is 64.0 Å². The fourth-order valence-corrected chi connectivity index (χ4v) is 3.55. The normalized spacial score (nSPS) is 17.9. The van der Waals surface area contributed by atoms with Crippen LogP contribution in [0.2, 0.25) is 0 Å². The number of hydrogen-bond acceptors (Lipinski definition) is 4. The summed E-state index contributed by atoms with van der Waals surface area (Å²) in [6.07, 6.45) is 3.53. The first-order chi connectivity index (χ1) is 8.67. The lowest BCUT2D eigenvalue weighted by molar-refractivity contribution is 0.138. The third-order valence-electron chi connectivity index (χ3n) is 3.44. The maximum Gasteiger partial charge on any atom is 0.291 e. The van der Waals surface area contributed by atoms with E-state index in [0.717, 1.165) is 39.2 Å². The van der Waals surface area contributed by atoms with E-state index in [1.165, 1.54) is 21.8 Å². The minimum Gasteiger partial charge on any atom is -0.385 e. The highest BCUT2D eigenvalue weighted by Crippen LogP contribution is 2.21. The van der Waals surface area contributed by atoms with Gasteiger partial charge in [0.05, 0.1) is 0 Å². The number of nitrogens with zero attached hydrogens (tertiary/aromatic N) is 2. The molecule has 4 nitrogen and oxygen atoms in total. The summed E-state index contributed by atoms with van der Waals surface area (Å²) in [4.78, 5) is 15.8. The number of likely N-dealkylation sites (tertiary alicyclic amines) is 1. The Morgan fingerprint density at radius 3 is 2.72 bits per heavy atom. The number of halogens is 1. The van der Waals surface area contributed by atoms with Crippen molar-refractivity contribution in [1.29, 1.82) is 0 Å². The molecule has 1 saturated heterocycles. The van der Waals surface area contributed by atoms with Gasteiger partial charge in [0.1, 0.15) is 0 Å². The van der Waals surface area contributed by atoms with Gasteiger partial charge in [-0.05, 0) is 38.3 Å². The van der Waals surface area contributed by atoms with E-state index >= 15 is 0 Å². The van der Waals surface area contributed by atoms with E-state index in [-0.39, 0.29) is 5.24 Å².